The molecule has 3 aromatic rings. The zero-order chi connectivity index (χ0) is 19.4. The molecule has 0 spiro atoms. The number of carbonyl (C=O) groups is 2. The molecule has 0 bridgehead atoms. The summed E-state index contributed by atoms with van der Waals surface area (Å²) in [5, 5.41) is 24.0. The van der Waals surface area contributed by atoms with E-state index in [1.807, 2.05) is 12.1 Å². The minimum Gasteiger partial charge on any atom is -0.347 e. The van der Waals surface area contributed by atoms with Crippen LogP contribution in [-0.2, 0) is 11.3 Å². The van der Waals surface area contributed by atoms with E-state index in [0.29, 0.717) is 17.0 Å². The first-order valence-corrected chi connectivity index (χ1v) is 8.04. The second-order valence-corrected chi connectivity index (χ2v) is 5.76. The van der Waals surface area contributed by atoms with Crippen molar-refractivity contribution in [1.82, 2.24) is 25.2 Å². The number of hydrogen-bond donors (Lipinski definition) is 2. The van der Waals surface area contributed by atoms with Crippen molar-refractivity contribution < 1.29 is 14.5 Å². The highest BCUT2D eigenvalue weighted by Crippen LogP contribution is 2.19. The van der Waals surface area contributed by atoms with E-state index in [9.17, 15) is 19.7 Å². The van der Waals surface area contributed by atoms with Crippen LogP contribution in [0.2, 0.25) is 0 Å². The number of benzene rings is 1. The van der Waals surface area contributed by atoms with E-state index in [1.54, 1.807) is 23.6 Å². The fourth-order valence-electron chi connectivity index (χ4n) is 2.46. The lowest BCUT2D eigenvalue weighted by atomic mass is 10.1. The topological polar surface area (TPSA) is 132 Å². The molecule has 2 aromatic heterocycles. The second-order valence-electron chi connectivity index (χ2n) is 5.76. The molecule has 27 heavy (non-hydrogen) atoms. The number of nitrogens with one attached hydrogen (secondary N) is 2. The highest BCUT2D eigenvalue weighted by Gasteiger charge is 2.15. The van der Waals surface area contributed by atoms with E-state index in [4.69, 9.17) is 0 Å². The number of aromatic nitrogens is 3. The Labute approximate surface area is 153 Å². The van der Waals surface area contributed by atoms with E-state index >= 15 is 0 Å². The molecule has 0 aliphatic heterocycles. The van der Waals surface area contributed by atoms with Crippen molar-refractivity contribution in [2.45, 2.75) is 13.5 Å². The maximum atomic E-state index is 12.1. The molecule has 2 amide bonds. The van der Waals surface area contributed by atoms with Crippen LogP contribution < -0.4 is 10.6 Å². The Bertz CT molecular complexity index is 1030. The van der Waals surface area contributed by atoms with Crippen molar-refractivity contribution in [3.63, 3.8) is 0 Å². The maximum Gasteiger partial charge on any atom is 0.273 e. The monoisotopic (exact) mass is 368 g/mol. The molecule has 2 heterocycles. The summed E-state index contributed by atoms with van der Waals surface area (Å²) in [6.45, 7) is 1.47. The second kappa shape index (κ2) is 7.60. The number of hydrogen-bond acceptors (Lipinski definition) is 6. The first-order valence-electron chi connectivity index (χ1n) is 8.04. The van der Waals surface area contributed by atoms with Gasteiger partial charge in [-0.25, -0.2) is 0 Å². The van der Waals surface area contributed by atoms with Gasteiger partial charge in [-0.15, -0.1) is 10.2 Å². The molecule has 3 rings (SSSR count). The van der Waals surface area contributed by atoms with Gasteiger partial charge in [0.2, 0.25) is 5.91 Å². The lowest BCUT2D eigenvalue weighted by molar-refractivity contribution is -0.385. The molecule has 138 valence electrons. The molecule has 0 saturated heterocycles. The molecule has 0 aliphatic carbocycles. The third-order valence-corrected chi connectivity index (χ3v) is 3.91. The summed E-state index contributed by atoms with van der Waals surface area (Å²) in [6, 6.07) is 9.59. The molecule has 2 N–H and O–H groups in total. The predicted molar refractivity (Wildman–Crippen MR) is 95.0 cm³/mol. The number of amides is 2. The normalized spacial score (nSPS) is 10.6. The number of pyridine rings is 1. The van der Waals surface area contributed by atoms with Crippen molar-refractivity contribution in [3.05, 3.63) is 69.7 Å². The molecule has 0 unspecified atom stereocenters. The lowest BCUT2D eigenvalue weighted by Gasteiger charge is -2.07. The third-order valence-electron chi connectivity index (χ3n) is 3.91. The van der Waals surface area contributed by atoms with Crippen LogP contribution in [0.25, 0.3) is 5.65 Å². The van der Waals surface area contributed by atoms with Crippen LogP contribution in [0.5, 0.6) is 0 Å². The Morgan fingerprint density at radius 3 is 2.78 bits per heavy atom. The highest BCUT2D eigenvalue weighted by molar-refractivity contribution is 5.97. The lowest BCUT2D eigenvalue weighted by Crippen LogP contribution is -2.36. The van der Waals surface area contributed by atoms with Crippen molar-refractivity contribution >= 4 is 23.1 Å². The minimum atomic E-state index is -0.568. The number of fused-ring (bicyclic) bond motifs is 1. The summed E-state index contributed by atoms with van der Waals surface area (Å²) < 4.78 is 1.74. The fourth-order valence-corrected chi connectivity index (χ4v) is 2.46. The Morgan fingerprint density at radius 1 is 1.19 bits per heavy atom. The molecule has 1 aromatic carbocycles. The van der Waals surface area contributed by atoms with E-state index in [1.165, 1.54) is 18.2 Å². The SMILES string of the molecule is Cc1ccc(C(=O)NCC(=O)NCc2nnc3ccccn23)cc1[N+](=O)[O-]. The zero-order valence-electron chi connectivity index (χ0n) is 14.4. The van der Waals surface area contributed by atoms with Gasteiger partial charge in [-0.2, -0.15) is 0 Å². The Balaban J connectivity index is 1.55. The van der Waals surface area contributed by atoms with Gasteiger partial charge in [0.25, 0.3) is 11.6 Å². The van der Waals surface area contributed by atoms with E-state index in [-0.39, 0.29) is 24.3 Å². The summed E-state index contributed by atoms with van der Waals surface area (Å²) in [7, 11) is 0. The number of nitro benzene ring substituents is 1. The first-order chi connectivity index (χ1) is 13.0. The highest BCUT2D eigenvalue weighted by atomic mass is 16.6. The Kier molecular flexibility index (Phi) is 5.06. The van der Waals surface area contributed by atoms with Gasteiger partial charge in [0.1, 0.15) is 0 Å². The number of carbonyl (C=O) groups excluding carboxylic acids is 2. The third kappa shape index (κ3) is 4.06. The molecule has 0 atom stereocenters. The Morgan fingerprint density at radius 2 is 2.00 bits per heavy atom. The molecule has 10 nitrogen and oxygen atoms in total. The Hall–Kier alpha value is -3.82. The van der Waals surface area contributed by atoms with Crippen molar-refractivity contribution in [1.29, 1.82) is 0 Å². The van der Waals surface area contributed by atoms with Crippen molar-refractivity contribution in [2.24, 2.45) is 0 Å². The molecular formula is C17H16N6O4. The van der Waals surface area contributed by atoms with Crippen LogP contribution in [0.4, 0.5) is 5.69 Å². The van der Waals surface area contributed by atoms with Crippen LogP contribution >= 0.6 is 0 Å². The van der Waals surface area contributed by atoms with Gasteiger partial charge in [0.15, 0.2) is 11.5 Å². The van der Waals surface area contributed by atoms with Gasteiger partial charge < -0.3 is 10.6 Å². The maximum absolute atomic E-state index is 12.1. The summed E-state index contributed by atoms with van der Waals surface area (Å²) in [5.74, 6) is -0.432. The quantitative estimate of drug-likeness (QED) is 0.493. The first kappa shape index (κ1) is 18.0. The van der Waals surface area contributed by atoms with E-state index in [0.717, 1.165) is 0 Å². The fraction of sp³-hybridized carbons (Fsp3) is 0.176. The average molecular weight is 368 g/mol. The van der Waals surface area contributed by atoms with E-state index in [2.05, 4.69) is 20.8 Å². The minimum absolute atomic E-state index is 0.114. The zero-order valence-corrected chi connectivity index (χ0v) is 14.4. The largest absolute Gasteiger partial charge is 0.347 e. The van der Waals surface area contributed by atoms with Gasteiger partial charge in [-0.3, -0.25) is 24.1 Å². The molecule has 0 fully saturated rings. The van der Waals surface area contributed by atoms with Crippen LogP contribution in [0.15, 0.2) is 42.6 Å². The average Bonchev–Trinajstić information content (AvgIpc) is 3.07. The number of nitrogens with zero attached hydrogens (tertiary/aromatic N) is 4. The molecule has 0 radical (unpaired) electrons. The van der Waals surface area contributed by atoms with Gasteiger partial charge in [0, 0.05) is 23.4 Å². The van der Waals surface area contributed by atoms with Crippen LogP contribution in [-0.4, -0.2) is 37.9 Å². The van der Waals surface area contributed by atoms with Gasteiger partial charge in [0.05, 0.1) is 18.0 Å². The van der Waals surface area contributed by atoms with Crippen LogP contribution in [0, 0.1) is 17.0 Å². The van der Waals surface area contributed by atoms with E-state index < -0.39 is 16.7 Å². The standard InChI is InChI=1S/C17H16N6O4/c1-11-5-6-12(8-13(11)23(26)27)17(25)19-10-16(24)18-9-15-21-20-14-4-2-3-7-22(14)15/h2-8H,9-10H2,1H3,(H,18,24)(H,19,25). The molecule has 0 aliphatic rings. The number of nitro groups is 1. The smallest absolute Gasteiger partial charge is 0.273 e. The van der Waals surface area contributed by atoms with Gasteiger partial charge in [-0.05, 0) is 25.1 Å². The predicted octanol–water partition coefficient (Wildman–Crippen LogP) is 0.992. The van der Waals surface area contributed by atoms with Crippen molar-refractivity contribution in [2.75, 3.05) is 6.54 Å². The molecule has 10 heteroatoms. The summed E-state index contributed by atoms with van der Waals surface area (Å²) in [5.41, 5.74) is 1.08. The summed E-state index contributed by atoms with van der Waals surface area (Å²) >= 11 is 0. The van der Waals surface area contributed by atoms with Crippen LogP contribution in [0.1, 0.15) is 21.7 Å². The number of aryl methyl sites for hydroxylation is 1. The molecular weight excluding hydrogens is 352 g/mol. The summed E-state index contributed by atoms with van der Waals surface area (Å²) in [6.07, 6.45) is 1.78. The summed E-state index contributed by atoms with van der Waals surface area (Å²) in [4.78, 5) is 34.4. The van der Waals surface area contributed by atoms with Crippen LogP contribution in [0.3, 0.4) is 0 Å². The van der Waals surface area contributed by atoms with Gasteiger partial charge in [-0.1, -0.05) is 12.1 Å². The number of rotatable bonds is 6. The van der Waals surface area contributed by atoms with Crippen molar-refractivity contribution in [3.8, 4) is 0 Å². The molecule has 0 saturated carbocycles. The van der Waals surface area contributed by atoms with Gasteiger partial charge >= 0.3 is 0 Å².